The van der Waals surface area contributed by atoms with Crippen LogP contribution in [-0.4, -0.2) is 17.9 Å². The zero-order valence-corrected chi connectivity index (χ0v) is 15.5. The Labute approximate surface area is 163 Å². The molecular formula is C22H18N4O2. The highest BCUT2D eigenvalue weighted by Gasteiger charge is 2.38. The van der Waals surface area contributed by atoms with Crippen LogP contribution in [0.4, 0.5) is 0 Å². The summed E-state index contributed by atoms with van der Waals surface area (Å²) < 4.78 is 5.18. The van der Waals surface area contributed by atoms with Crippen LogP contribution in [0.2, 0.25) is 0 Å². The summed E-state index contributed by atoms with van der Waals surface area (Å²) in [4.78, 5) is 4.28. The van der Waals surface area contributed by atoms with E-state index in [1.54, 1.807) is 44.4 Å². The molecule has 0 spiro atoms. The molecule has 0 aromatic heterocycles. The first-order chi connectivity index (χ1) is 13.5. The Kier molecular flexibility index (Phi) is 5.26. The van der Waals surface area contributed by atoms with Crippen LogP contribution < -0.4 is 10.1 Å². The number of methoxy groups -OCH3 is 1. The summed E-state index contributed by atoms with van der Waals surface area (Å²) in [5.74, 6) is 0.713. The first-order valence-corrected chi connectivity index (χ1v) is 8.54. The van der Waals surface area contributed by atoms with Crippen molar-refractivity contribution in [3.8, 4) is 17.9 Å². The standard InChI is InChI=1S/C22H18N4O2/c1-15-19(12-16-8-10-18(28-2)11-9-16)22(27,17-6-4-3-5-7-17)26-21(14-24)20(13-23)25-15/h3-12,26-27H,1-2H3/b19-12-. The minimum Gasteiger partial charge on any atom is -0.497 e. The first kappa shape index (κ1) is 18.9. The number of benzene rings is 2. The van der Waals surface area contributed by atoms with Crippen molar-refractivity contribution in [1.82, 2.24) is 5.32 Å². The number of nitrogens with one attached hydrogen (secondary N) is 1. The monoisotopic (exact) mass is 370 g/mol. The molecule has 2 aromatic carbocycles. The van der Waals surface area contributed by atoms with Gasteiger partial charge in [-0.1, -0.05) is 42.5 Å². The Morgan fingerprint density at radius 1 is 1.07 bits per heavy atom. The Balaban J connectivity index is 2.23. The van der Waals surface area contributed by atoms with Crippen LogP contribution in [0.1, 0.15) is 18.1 Å². The van der Waals surface area contributed by atoms with Gasteiger partial charge in [0.2, 0.25) is 0 Å². The highest BCUT2D eigenvalue weighted by Crippen LogP contribution is 2.33. The van der Waals surface area contributed by atoms with E-state index in [4.69, 9.17) is 4.74 Å². The smallest absolute Gasteiger partial charge is 0.191 e. The SMILES string of the molecule is COc1ccc(/C=C2/C(C)=NC(C#N)=C(C#N)NC2(O)c2ccccc2)cc1. The van der Waals surface area contributed by atoms with Gasteiger partial charge in [-0.2, -0.15) is 10.5 Å². The fourth-order valence-electron chi connectivity index (χ4n) is 3.00. The van der Waals surface area contributed by atoms with E-state index in [1.807, 2.05) is 42.5 Å². The van der Waals surface area contributed by atoms with Crippen LogP contribution in [0.15, 0.2) is 76.6 Å². The van der Waals surface area contributed by atoms with Crippen molar-refractivity contribution >= 4 is 11.8 Å². The van der Waals surface area contributed by atoms with E-state index in [0.29, 0.717) is 22.6 Å². The number of aliphatic hydroxyl groups is 1. The van der Waals surface area contributed by atoms with Crippen LogP contribution in [0, 0.1) is 22.7 Å². The molecule has 6 heteroatoms. The van der Waals surface area contributed by atoms with Gasteiger partial charge in [0.25, 0.3) is 0 Å². The summed E-state index contributed by atoms with van der Waals surface area (Å²) in [5.41, 5.74) is 0.284. The van der Waals surface area contributed by atoms with Crippen molar-refractivity contribution in [2.24, 2.45) is 4.99 Å². The van der Waals surface area contributed by atoms with Crippen molar-refractivity contribution in [1.29, 1.82) is 10.5 Å². The van der Waals surface area contributed by atoms with Crippen molar-refractivity contribution < 1.29 is 9.84 Å². The van der Waals surface area contributed by atoms with Crippen LogP contribution in [0.5, 0.6) is 5.75 Å². The summed E-state index contributed by atoms with van der Waals surface area (Å²) in [6.07, 6.45) is 1.77. The fraction of sp³-hybridized carbons (Fsp3) is 0.136. The lowest BCUT2D eigenvalue weighted by Crippen LogP contribution is -2.44. The number of ether oxygens (including phenoxy) is 1. The van der Waals surface area contributed by atoms with E-state index in [0.717, 1.165) is 5.56 Å². The zero-order valence-electron chi connectivity index (χ0n) is 15.5. The normalized spacial score (nSPS) is 20.5. The molecule has 0 amide bonds. The van der Waals surface area contributed by atoms with Crippen LogP contribution in [0.3, 0.4) is 0 Å². The van der Waals surface area contributed by atoms with Gasteiger partial charge < -0.3 is 15.2 Å². The molecule has 1 unspecified atom stereocenters. The van der Waals surface area contributed by atoms with Crippen LogP contribution in [-0.2, 0) is 5.72 Å². The maximum Gasteiger partial charge on any atom is 0.191 e. The molecule has 6 nitrogen and oxygen atoms in total. The number of rotatable bonds is 3. The van der Waals surface area contributed by atoms with Gasteiger partial charge in [-0.05, 0) is 30.7 Å². The van der Waals surface area contributed by atoms with Gasteiger partial charge in [-0.25, -0.2) is 4.99 Å². The number of hydrogen-bond donors (Lipinski definition) is 2. The molecule has 2 aromatic rings. The van der Waals surface area contributed by atoms with E-state index < -0.39 is 5.72 Å². The number of nitriles is 2. The van der Waals surface area contributed by atoms with Crippen molar-refractivity contribution in [3.05, 3.63) is 82.7 Å². The van der Waals surface area contributed by atoms with Crippen molar-refractivity contribution in [2.75, 3.05) is 7.11 Å². The van der Waals surface area contributed by atoms with Gasteiger partial charge >= 0.3 is 0 Å². The quantitative estimate of drug-likeness (QED) is 0.864. The third-order valence-corrected chi connectivity index (χ3v) is 4.44. The Hall–Kier alpha value is -3.87. The minimum absolute atomic E-state index is 0.0764. The number of aliphatic imine (C=N–C) groups is 1. The second-order valence-electron chi connectivity index (χ2n) is 6.18. The predicted octanol–water partition coefficient (Wildman–Crippen LogP) is 3.25. The molecule has 3 rings (SSSR count). The molecule has 0 fully saturated rings. The molecule has 0 radical (unpaired) electrons. The molecule has 2 N–H and O–H groups in total. The molecule has 1 aliphatic heterocycles. The second kappa shape index (κ2) is 7.79. The highest BCUT2D eigenvalue weighted by molar-refractivity contribution is 6.05. The average molecular weight is 370 g/mol. The maximum absolute atomic E-state index is 11.7. The summed E-state index contributed by atoms with van der Waals surface area (Å²) in [6, 6.07) is 20.1. The lowest BCUT2D eigenvalue weighted by Gasteiger charge is -2.31. The predicted molar refractivity (Wildman–Crippen MR) is 106 cm³/mol. The largest absolute Gasteiger partial charge is 0.497 e. The second-order valence-corrected chi connectivity index (χ2v) is 6.18. The van der Waals surface area contributed by atoms with E-state index >= 15 is 0 Å². The van der Waals surface area contributed by atoms with E-state index in [9.17, 15) is 15.6 Å². The van der Waals surface area contributed by atoms with Crippen molar-refractivity contribution in [3.63, 3.8) is 0 Å². The van der Waals surface area contributed by atoms with Gasteiger partial charge in [0.1, 0.15) is 17.9 Å². The van der Waals surface area contributed by atoms with E-state index in [1.165, 1.54) is 0 Å². The Morgan fingerprint density at radius 2 is 1.75 bits per heavy atom. The van der Waals surface area contributed by atoms with Gasteiger partial charge in [0.15, 0.2) is 17.1 Å². The molecule has 1 heterocycles. The lowest BCUT2D eigenvalue weighted by atomic mass is 9.89. The minimum atomic E-state index is -1.74. The lowest BCUT2D eigenvalue weighted by molar-refractivity contribution is 0.0585. The molecule has 0 bridgehead atoms. The fourth-order valence-corrected chi connectivity index (χ4v) is 3.00. The van der Waals surface area contributed by atoms with Gasteiger partial charge in [0, 0.05) is 16.8 Å². The third-order valence-electron chi connectivity index (χ3n) is 4.44. The first-order valence-electron chi connectivity index (χ1n) is 8.54. The summed E-state index contributed by atoms with van der Waals surface area (Å²) in [7, 11) is 1.59. The van der Waals surface area contributed by atoms with Crippen LogP contribution in [0.25, 0.3) is 6.08 Å². The van der Waals surface area contributed by atoms with Gasteiger partial charge in [0.05, 0.1) is 7.11 Å². The number of nitrogens with zero attached hydrogens (tertiary/aromatic N) is 3. The molecule has 28 heavy (non-hydrogen) atoms. The molecule has 138 valence electrons. The zero-order chi connectivity index (χ0) is 20.1. The number of allylic oxidation sites excluding steroid dienone is 2. The van der Waals surface area contributed by atoms with Crippen molar-refractivity contribution in [2.45, 2.75) is 12.6 Å². The van der Waals surface area contributed by atoms with E-state index in [-0.39, 0.29) is 11.4 Å². The molecule has 0 aliphatic carbocycles. The van der Waals surface area contributed by atoms with Crippen LogP contribution >= 0.6 is 0 Å². The van der Waals surface area contributed by atoms with Gasteiger partial charge in [-0.3, -0.25) is 0 Å². The Morgan fingerprint density at radius 3 is 2.32 bits per heavy atom. The Bertz CT molecular complexity index is 1050. The average Bonchev–Trinajstić information content (AvgIpc) is 2.84. The maximum atomic E-state index is 11.7. The molecule has 1 aliphatic rings. The number of hydrogen-bond acceptors (Lipinski definition) is 6. The molecular weight excluding hydrogens is 352 g/mol. The third kappa shape index (κ3) is 3.50. The molecule has 0 saturated carbocycles. The summed E-state index contributed by atoms with van der Waals surface area (Å²) >= 11 is 0. The van der Waals surface area contributed by atoms with E-state index in [2.05, 4.69) is 10.3 Å². The topological polar surface area (TPSA) is 101 Å². The summed E-state index contributed by atoms with van der Waals surface area (Å²) in [5, 5.41) is 33.3. The summed E-state index contributed by atoms with van der Waals surface area (Å²) in [6.45, 7) is 1.70. The molecule has 1 atom stereocenters. The van der Waals surface area contributed by atoms with Gasteiger partial charge in [-0.15, -0.1) is 0 Å². The molecule has 0 saturated heterocycles. The highest BCUT2D eigenvalue weighted by atomic mass is 16.5.